The maximum atomic E-state index is 11.4. The van der Waals surface area contributed by atoms with Crippen LogP contribution in [0.15, 0.2) is 0 Å². The lowest BCUT2D eigenvalue weighted by Gasteiger charge is -2.23. The first-order valence-electron chi connectivity index (χ1n) is 5.65. The van der Waals surface area contributed by atoms with E-state index in [4.69, 9.17) is 10.5 Å². The Bertz CT molecular complexity index is 298. The minimum atomic E-state index is -3.46. The SMILES string of the molecule is COCCNS(=O)(=O)NCC(N)CC(C)(C)C. The standard InChI is InChI=1S/C10H25N3O3S/c1-10(2,3)7-9(11)8-13-17(14,15)12-5-6-16-4/h9,12-13H,5-8,11H2,1-4H3. The van der Waals surface area contributed by atoms with Gasteiger partial charge in [-0.1, -0.05) is 20.8 Å². The van der Waals surface area contributed by atoms with Gasteiger partial charge in [0.2, 0.25) is 0 Å². The molecule has 0 aliphatic heterocycles. The van der Waals surface area contributed by atoms with E-state index in [1.807, 2.05) is 0 Å². The molecule has 0 aliphatic carbocycles. The van der Waals surface area contributed by atoms with Crippen LogP contribution in [0.5, 0.6) is 0 Å². The average molecular weight is 267 g/mol. The van der Waals surface area contributed by atoms with Crippen molar-refractivity contribution in [2.24, 2.45) is 11.1 Å². The van der Waals surface area contributed by atoms with E-state index in [1.165, 1.54) is 7.11 Å². The highest BCUT2D eigenvalue weighted by atomic mass is 32.2. The van der Waals surface area contributed by atoms with E-state index in [1.54, 1.807) is 0 Å². The van der Waals surface area contributed by atoms with E-state index in [2.05, 4.69) is 30.2 Å². The molecule has 104 valence electrons. The van der Waals surface area contributed by atoms with Gasteiger partial charge in [0.25, 0.3) is 10.2 Å². The molecule has 0 bridgehead atoms. The average Bonchev–Trinajstić information content (AvgIpc) is 2.13. The van der Waals surface area contributed by atoms with Crippen LogP contribution in [0.2, 0.25) is 0 Å². The fourth-order valence-corrected chi connectivity index (χ4v) is 2.29. The molecule has 7 heteroatoms. The summed E-state index contributed by atoms with van der Waals surface area (Å²) in [6.07, 6.45) is 0.758. The predicted molar refractivity (Wildman–Crippen MR) is 68.8 cm³/mol. The molecule has 0 saturated heterocycles. The third kappa shape index (κ3) is 10.7. The number of nitrogens with one attached hydrogen (secondary N) is 2. The Hall–Kier alpha value is -0.210. The van der Waals surface area contributed by atoms with Crippen LogP contribution in [0.1, 0.15) is 27.2 Å². The number of methoxy groups -OCH3 is 1. The van der Waals surface area contributed by atoms with Crippen LogP contribution in [0.4, 0.5) is 0 Å². The molecule has 4 N–H and O–H groups in total. The Morgan fingerprint density at radius 3 is 2.35 bits per heavy atom. The maximum Gasteiger partial charge on any atom is 0.277 e. The van der Waals surface area contributed by atoms with Crippen molar-refractivity contribution < 1.29 is 13.2 Å². The first-order valence-corrected chi connectivity index (χ1v) is 7.13. The van der Waals surface area contributed by atoms with E-state index >= 15 is 0 Å². The molecule has 0 aromatic rings. The van der Waals surface area contributed by atoms with Crippen molar-refractivity contribution in [1.29, 1.82) is 0 Å². The zero-order chi connectivity index (χ0) is 13.5. The van der Waals surface area contributed by atoms with Crippen molar-refractivity contribution in [3.8, 4) is 0 Å². The molecule has 6 nitrogen and oxygen atoms in total. The summed E-state index contributed by atoms with van der Waals surface area (Å²) in [6.45, 7) is 7.03. The first kappa shape index (κ1) is 16.8. The highest BCUT2D eigenvalue weighted by Crippen LogP contribution is 2.19. The Morgan fingerprint density at radius 1 is 1.29 bits per heavy atom. The Balaban J connectivity index is 3.93. The van der Waals surface area contributed by atoms with Crippen molar-refractivity contribution in [3.05, 3.63) is 0 Å². The van der Waals surface area contributed by atoms with Gasteiger partial charge in [-0.3, -0.25) is 0 Å². The number of hydrogen-bond acceptors (Lipinski definition) is 4. The molecule has 1 atom stereocenters. The Kier molecular flexibility index (Phi) is 7.18. The van der Waals surface area contributed by atoms with Crippen LogP contribution in [0.25, 0.3) is 0 Å². The highest BCUT2D eigenvalue weighted by molar-refractivity contribution is 7.87. The Labute approximate surface area is 104 Å². The first-order chi connectivity index (χ1) is 7.66. The normalized spacial score (nSPS) is 14.9. The van der Waals surface area contributed by atoms with Crippen LogP contribution in [-0.4, -0.2) is 41.3 Å². The third-order valence-electron chi connectivity index (χ3n) is 2.01. The second-order valence-corrected chi connectivity index (χ2v) is 6.85. The van der Waals surface area contributed by atoms with Gasteiger partial charge in [-0.25, -0.2) is 4.72 Å². The molecule has 0 radical (unpaired) electrons. The zero-order valence-electron chi connectivity index (χ0n) is 11.1. The molecule has 0 spiro atoms. The van der Waals surface area contributed by atoms with Crippen molar-refractivity contribution >= 4 is 10.2 Å². The van der Waals surface area contributed by atoms with Crippen LogP contribution in [0, 0.1) is 5.41 Å². The number of hydrogen-bond donors (Lipinski definition) is 3. The summed E-state index contributed by atoms with van der Waals surface area (Å²) in [5, 5.41) is 0. The van der Waals surface area contributed by atoms with Gasteiger partial charge in [0, 0.05) is 26.2 Å². The van der Waals surface area contributed by atoms with Gasteiger partial charge in [0.1, 0.15) is 0 Å². The fraction of sp³-hybridized carbons (Fsp3) is 1.00. The molecule has 1 unspecified atom stereocenters. The molecule has 0 rings (SSSR count). The Morgan fingerprint density at radius 2 is 1.88 bits per heavy atom. The third-order valence-corrected chi connectivity index (χ3v) is 3.14. The maximum absolute atomic E-state index is 11.4. The minimum Gasteiger partial charge on any atom is -0.383 e. The minimum absolute atomic E-state index is 0.0916. The second-order valence-electron chi connectivity index (χ2n) is 5.26. The van der Waals surface area contributed by atoms with Crippen LogP contribution < -0.4 is 15.2 Å². The molecular formula is C10H25N3O3S. The van der Waals surface area contributed by atoms with Crippen molar-refractivity contribution in [3.63, 3.8) is 0 Å². The molecule has 0 amide bonds. The number of ether oxygens (including phenoxy) is 1. The summed E-state index contributed by atoms with van der Waals surface area (Å²) in [7, 11) is -1.95. The lowest BCUT2D eigenvalue weighted by molar-refractivity contribution is 0.204. The van der Waals surface area contributed by atoms with Gasteiger partial charge in [-0.2, -0.15) is 13.1 Å². The molecule has 0 aromatic heterocycles. The second kappa shape index (κ2) is 7.27. The van der Waals surface area contributed by atoms with Gasteiger partial charge in [-0.15, -0.1) is 0 Å². The van der Waals surface area contributed by atoms with Gasteiger partial charge in [0.15, 0.2) is 0 Å². The number of nitrogens with two attached hydrogens (primary N) is 1. The fourth-order valence-electron chi connectivity index (χ4n) is 1.40. The summed E-state index contributed by atoms with van der Waals surface area (Å²) in [5.41, 5.74) is 5.93. The molecule has 0 fully saturated rings. The van der Waals surface area contributed by atoms with Crippen molar-refractivity contribution in [1.82, 2.24) is 9.44 Å². The van der Waals surface area contributed by atoms with Gasteiger partial charge in [0.05, 0.1) is 6.61 Å². The topological polar surface area (TPSA) is 93.4 Å². The van der Waals surface area contributed by atoms with E-state index < -0.39 is 10.2 Å². The molecule has 17 heavy (non-hydrogen) atoms. The van der Waals surface area contributed by atoms with Crippen LogP contribution in [-0.2, 0) is 14.9 Å². The summed E-state index contributed by atoms with van der Waals surface area (Å²) < 4.78 is 32.4. The van der Waals surface area contributed by atoms with Gasteiger partial charge >= 0.3 is 0 Å². The van der Waals surface area contributed by atoms with Gasteiger partial charge < -0.3 is 10.5 Å². The van der Waals surface area contributed by atoms with E-state index in [0.717, 1.165) is 6.42 Å². The molecular weight excluding hydrogens is 242 g/mol. The summed E-state index contributed by atoms with van der Waals surface area (Å²) in [5.74, 6) is 0. The molecule has 0 aromatic carbocycles. The largest absolute Gasteiger partial charge is 0.383 e. The smallest absolute Gasteiger partial charge is 0.277 e. The summed E-state index contributed by atoms with van der Waals surface area (Å²) >= 11 is 0. The van der Waals surface area contributed by atoms with E-state index in [0.29, 0.717) is 6.61 Å². The highest BCUT2D eigenvalue weighted by Gasteiger charge is 2.17. The van der Waals surface area contributed by atoms with Crippen LogP contribution in [0.3, 0.4) is 0 Å². The molecule has 0 heterocycles. The predicted octanol–water partition coefficient (Wildman–Crippen LogP) is -0.180. The van der Waals surface area contributed by atoms with Crippen molar-refractivity contribution in [2.75, 3.05) is 26.8 Å². The summed E-state index contributed by atoms with van der Waals surface area (Å²) in [4.78, 5) is 0. The quantitative estimate of drug-likeness (QED) is 0.532. The van der Waals surface area contributed by atoms with Crippen molar-refractivity contribution in [2.45, 2.75) is 33.2 Å². The number of rotatable bonds is 8. The zero-order valence-corrected chi connectivity index (χ0v) is 11.9. The summed E-state index contributed by atoms with van der Waals surface area (Å²) in [6, 6.07) is -0.186. The lowest BCUT2D eigenvalue weighted by Crippen LogP contribution is -2.44. The monoisotopic (exact) mass is 267 g/mol. The van der Waals surface area contributed by atoms with E-state index in [9.17, 15) is 8.42 Å². The molecule has 0 aliphatic rings. The van der Waals surface area contributed by atoms with Crippen LogP contribution >= 0.6 is 0 Å². The lowest BCUT2D eigenvalue weighted by atomic mass is 9.88. The van der Waals surface area contributed by atoms with E-state index in [-0.39, 0.29) is 24.5 Å². The van der Waals surface area contributed by atoms with Gasteiger partial charge in [-0.05, 0) is 11.8 Å². The molecule has 0 saturated carbocycles.